The van der Waals surface area contributed by atoms with Crippen molar-refractivity contribution in [1.29, 1.82) is 0 Å². The summed E-state index contributed by atoms with van der Waals surface area (Å²) >= 11 is 1.75. The first-order valence-corrected chi connectivity index (χ1v) is 7.47. The van der Waals surface area contributed by atoms with Gasteiger partial charge in [0.1, 0.15) is 5.82 Å². The van der Waals surface area contributed by atoms with Crippen LogP contribution in [0.3, 0.4) is 0 Å². The largest absolute Gasteiger partial charge is 0.316 e. The van der Waals surface area contributed by atoms with E-state index < -0.39 is 0 Å². The van der Waals surface area contributed by atoms with Crippen molar-refractivity contribution < 1.29 is 0 Å². The van der Waals surface area contributed by atoms with E-state index in [1.54, 1.807) is 11.8 Å². The predicted molar refractivity (Wildman–Crippen MR) is 71.3 cm³/mol. The number of hydrogen-bond donors (Lipinski definition) is 2. The number of H-pyrrole nitrogens is 1. The van der Waals surface area contributed by atoms with E-state index in [2.05, 4.69) is 27.5 Å². The van der Waals surface area contributed by atoms with E-state index in [1.165, 1.54) is 32.1 Å². The highest BCUT2D eigenvalue weighted by Crippen LogP contribution is 2.28. The zero-order chi connectivity index (χ0) is 12.1. The second-order valence-electron chi connectivity index (χ2n) is 4.81. The van der Waals surface area contributed by atoms with Crippen LogP contribution in [-0.2, 0) is 0 Å². The fourth-order valence-electron chi connectivity index (χ4n) is 2.54. The summed E-state index contributed by atoms with van der Waals surface area (Å²) in [6.45, 7) is 1.94. The summed E-state index contributed by atoms with van der Waals surface area (Å²) in [5.74, 6) is 2.80. The minimum Gasteiger partial charge on any atom is -0.316 e. The van der Waals surface area contributed by atoms with Gasteiger partial charge in [0.25, 0.3) is 0 Å². The fourth-order valence-corrected chi connectivity index (χ4v) is 3.62. The number of nitrogens with zero attached hydrogens (tertiary/aromatic N) is 2. The molecule has 1 saturated carbocycles. The summed E-state index contributed by atoms with van der Waals surface area (Å²) in [6, 6.07) is 0.596. The molecular weight excluding hydrogens is 232 g/mol. The molecular formula is C12H22N4S. The van der Waals surface area contributed by atoms with Crippen LogP contribution in [0.1, 0.15) is 37.9 Å². The molecule has 1 heterocycles. The van der Waals surface area contributed by atoms with Crippen molar-refractivity contribution >= 4 is 11.8 Å². The second kappa shape index (κ2) is 6.40. The topological polar surface area (TPSA) is 53.6 Å². The van der Waals surface area contributed by atoms with Gasteiger partial charge in [0.2, 0.25) is 5.16 Å². The maximum Gasteiger partial charge on any atom is 0.208 e. The molecule has 0 aliphatic heterocycles. The van der Waals surface area contributed by atoms with Gasteiger partial charge in [-0.25, -0.2) is 4.98 Å². The summed E-state index contributed by atoms with van der Waals surface area (Å²) in [4.78, 5) is 4.33. The molecule has 2 rings (SSSR count). The molecule has 0 saturated heterocycles. The average Bonchev–Trinajstić information content (AvgIpc) is 2.77. The zero-order valence-electron chi connectivity index (χ0n) is 10.7. The molecule has 1 unspecified atom stereocenters. The van der Waals surface area contributed by atoms with Gasteiger partial charge in [-0.3, -0.25) is 5.10 Å². The van der Waals surface area contributed by atoms with Crippen molar-refractivity contribution in [2.24, 2.45) is 5.92 Å². The molecule has 5 heteroatoms. The first-order chi connectivity index (χ1) is 8.29. The molecule has 1 aliphatic carbocycles. The second-order valence-corrected chi connectivity index (χ2v) is 5.79. The lowest BCUT2D eigenvalue weighted by atomic mass is 9.84. The van der Waals surface area contributed by atoms with Crippen molar-refractivity contribution in [3.8, 4) is 0 Å². The molecule has 96 valence electrons. The highest BCUT2D eigenvalue weighted by molar-refractivity contribution is 7.99. The summed E-state index contributed by atoms with van der Waals surface area (Å²) in [7, 11) is 2.07. The molecule has 1 aliphatic rings. The van der Waals surface area contributed by atoms with Crippen LogP contribution in [0.15, 0.2) is 5.16 Å². The van der Waals surface area contributed by atoms with Gasteiger partial charge in [0, 0.05) is 11.8 Å². The molecule has 0 aromatic carbocycles. The zero-order valence-corrected chi connectivity index (χ0v) is 11.5. The molecule has 0 radical (unpaired) electrons. The van der Waals surface area contributed by atoms with Crippen molar-refractivity contribution in [3.63, 3.8) is 0 Å². The van der Waals surface area contributed by atoms with Gasteiger partial charge in [-0.05, 0) is 32.7 Å². The minimum absolute atomic E-state index is 0.596. The van der Waals surface area contributed by atoms with Gasteiger partial charge in [-0.2, -0.15) is 0 Å². The Morgan fingerprint density at radius 3 is 2.76 bits per heavy atom. The fraction of sp³-hybridized carbons (Fsp3) is 0.833. The molecule has 1 fully saturated rings. The lowest BCUT2D eigenvalue weighted by Crippen LogP contribution is -2.36. The number of rotatable bonds is 5. The maximum absolute atomic E-state index is 4.33. The number of aryl methyl sites for hydroxylation is 1. The average molecular weight is 254 g/mol. The van der Waals surface area contributed by atoms with Crippen LogP contribution in [0, 0.1) is 12.8 Å². The first kappa shape index (κ1) is 12.9. The molecule has 1 atom stereocenters. The normalized spacial score (nSPS) is 19.4. The standard InChI is InChI=1S/C12H22N4S/c1-9-14-12(16-15-9)17-8-11(13-2)10-6-4-3-5-7-10/h10-11,13H,3-8H2,1-2H3,(H,14,15,16). The summed E-state index contributed by atoms with van der Waals surface area (Å²) in [5, 5.41) is 11.4. The van der Waals surface area contributed by atoms with E-state index in [0.29, 0.717) is 6.04 Å². The Balaban J connectivity index is 1.82. The predicted octanol–water partition coefficient (Wildman–Crippen LogP) is 2.37. The third-order valence-corrected chi connectivity index (χ3v) is 4.52. The Bertz CT molecular complexity index is 333. The molecule has 1 aromatic rings. The smallest absolute Gasteiger partial charge is 0.208 e. The van der Waals surface area contributed by atoms with Crippen LogP contribution < -0.4 is 5.32 Å². The molecule has 0 bridgehead atoms. The van der Waals surface area contributed by atoms with E-state index in [9.17, 15) is 0 Å². The van der Waals surface area contributed by atoms with Gasteiger partial charge < -0.3 is 5.32 Å². The van der Waals surface area contributed by atoms with Crippen LogP contribution in [-0.4, -0.2) is 34.0 Å². The third kappa shape index (κ3) is 3.71. The van der Waals surface area contributed by atoms with E-state index in [1.807, 2.05) is 6.92 Å². The number of nitrogens with one attached hydrogen (secondary N) is 2. The highest BCUT2D eigenvalue weighted by Gasteiger charge is 2.22. The summed E-state index contributed by atoms with van der Waals surface area (Å²) < 4.78 is 0. The van der Waals surface area contributed by atoms with Gasteiger partial charge in [0.05, 0.1) is 0 Å². The van der Waals surface area contributed by atoms with Crippen molar-refractivity contribution in [3.05, 3.63) is 5.82 Å². The Hall–Kier alpha value is -0.550. The van der Waals surface area contributed by atoms with Crippen LogP contribution in [0.25, 0.3) is 0 Å². The lowest BCUT2D eigenvalue weighted by molar-refractivity contribution is 0.294. The summed E-state index contributed by atoms with van der Waals surface area (Å²) in [6.07, 6.45) is 6.96. The Kier molecular flexibility index (Phi) is 4.86. The third-order valence-electron chi connectivity index (χ3n) is 3.56. The Morgan fingerprint density at radius 1 is 1.41 bits per heavy atom. The number of thioether (sulfide) groups is 1. The first-order valence-electron chi connectivity index (χ1n) is 6.48. The van der Waals surface area contributed by atoms with E-state index in [4.69, 9.17) is 0 Å². The van der Waals surface area contributed by atoms with Gasteiger partial charge in [0.15, 0.2) is 0 Å². The van der Waals surface area contributed by atoms with Crippen molar-refractivity contribution in [1.82, 2.24) is 20.5 Å². The van der Waals surface area contributed by atoms with Gasteiger partial charge >= 0.3 is 0 Å². The number of aromatic amines is 1. The molecule has 2 N–H and O–H groups in total. The van der Waals surface area contributed by atoms with E-state index in [0.717, 1.165) is 22.7 Å². The monoisotopic (exact) mass is 254 g/mol. The maximum atomic E-state index is 4.33. The molecule has 0 amide bonds. The molecule has 0 spiro atoms. The lowest BCUT2D eigenvalue weighted by Gasteiger charge is -2.29. The molecule has 17 heavy (non-hydrogen) atoms. The highest BCUT2D eigenvalue weighted by atomic mass is 32.2. The minimum atomic E-state index is 0.596. The van der Waals surface area contributed by atoms with Gasteiger partial charge in [-0.15, -0.1) is 5.10 Å². The SMILES string of the molecule is CNC(CSc1n[nH]c(C)n1)C1CCCCC1. The number of aromatic nitrogens is 3. The molecule has 1 aromatic heterocycles. The van der Waals surface area contributed by atoms with E-state index >= 15 is 0 Å². The Labute approximate surface area is 107 Å². The van der Waals surface area contributed by atoms with Gasteiger partial charge in [-0.1, -0.05) is 31.0 Å². The molecule has 4 nitrogen and oxygen atoms in total. The van der Waals surface area contributed by atoms with Crippen molar-refractivity contribution in [2.45, 2.75) is 50.2 Å². The van der Waals surface area contributed by atoms with Crippen LogP contribution in [0.2, 0.25) is 0 Å². The van der Waals surface area contributed by atoms with Crippen molar-refractivity contribution in [2.75, 3.05) is 12.8 Å². The Morgan fingerprint density at radius 2 is 2.18 bits per heavy atom. The number of hydrogen-bond acceptors (Lipinski definition) is 4. The quantitative estimate of drug-likeness (QED) is 0.792. The van der Waals surface area contributed by atoms with Crippen LogP contribution in [0.5, 0.6) is 0 Å². The van der Waals surface area contributed by atoms with E-state index in [-0.39, 0.29) is 0 Å². The van der Waals surface area contributed by atoms with Crippen LogP contribution >= 0.6 is 11.8 Å². The summed E-state index contributed by atoms with van der Waals surface area (Å²) in [5.41, 5.74) is 0. The van der Waals surface area contributed by atoms with Crippen LogP contribution in [0.4, 0.5) is 0 Å².